The molecule has 0 aliphatic heterocycles. The topological polar surface area (TPSA) is 72.2 Å². The highest BCUT2D eigenvalue weighted by Crippen LogP contribution is 2.33. The largest absolute Gasteiger partial charge is 0.347 e. The second kappa shape index (κ2) is 6.12. The number of carbonyl (C=O) groups excluding carboxylic acids is 1. The van der Waals surface area contributed by atoms with Gasteiger partial charge in [-0.15, -0.1) is 0 Å². The van der Waals surface area contributed by atoms with Crippen molar-refractivity contribution in [3.8, 4) is 0 Å². The lowest BCUT2D eigenvalue weighted by Crippen LogP contribution is -2.04. The highest BCUT2D eigenvalue weighted by Gasteiger charge is 2.22. The predicted octanol–water partition coefficient (Wildman–Crippen LogP) is 4.03. The zero-order valence-electron chi connectivity index (χ0n) is 10.3. The van der Waals surface area contributed by atoms with Crippen LogP contribution in [-0.2, 0) is 0 Å². The van der Waals surface area contributed by atoms with Crippen molar-refractivity contribution in [1.82, 2.24) is 0 Å². The Hall–Kier alpha value is -2.10. The molecule has 0 radical (unpaired) electrons. The molecule has 0 saturated heterocycles. The molecule has 0 fully saturated rings. The van der Waals surface area contributed by atoms with E-state index in [4.69, 9.17) is 0 Å². The van der Waals surface area contributed by atoms with Gasteiger partial charge < -0.3 is 5.32 Å². The summed E-state index contributed by atoms with van der Waals surface area (Å²) in [5.74, 6) is -1.60. The number of nitro groups is 1. The molecule has 5 nitrogen and oxygen atoms in total. The van der Waals surface area contributed by atoms with Gasteiger partial charge in [0.25, 0.3) is 5.69 Å². The molecule has 2 rings (SSSR count). The van der Waals surface area contributed by atoms with Crippen molar-refractivity contribution in [2.75, 3.05) is 5.32 Å². The molecule has 2 aromatic carbocycles. The third-order valence-electron chi connectivity index (χ3n) is 2.68. The van der Waals surface area contributed by atoms with Gasteiger partial charge in [-0.3, -0.25) is 14.9 Å². The molecular formula is C13H7F2IN2O3. The Morgan fingerprint density at radius 1 is 1.19 bits per heavy atom. The van der Waals surface area contributed by atoms with Crippen LogP contribution in [0.15, 0.2) is 30.3 Å². The van der Waals surface area contributed by atoms with Gasteiger partial charge in [0, 0.05) is 9.64 Å². The van der Waals surface area contributed by atoms with Crippen LogP contribution in [0.5, 0.6) is 0 Å². The molecule has 21 heavy (non-hydrogen) atoms. The molecule has 1 N–H and O–H groups in total. The van der Waals surface area contributed by atoms with Crippen molar-refractivity contribution >= 4 is 45.9 Å². The first-order valence-electron chi connectivity index (χ1n) is 5.58. The lowest BCUT2D eigenvalue weighted by Gasteiger charge is -2.11. The van der Waals surface area contributed by atoms with Crippen molar-refractivity contribution in [3.05, 3.63) is 61.2 Å². The minimum Gasteiger partial charge on any atom is -0.347 e. The standard InChI is InChI=1S/C13H7F2IN2O3/c14-9-2-4-12(18(20)21)13(8(9)6-19)17-11-3-1-7(16)5-10(11)15/h1-6,17H. The average Bonchev–Trinajstić information content (AvgIpc) is 2.41. The molecule has 0 saturated carbocycles. The Morgan fingerprint density at radius 3 is 2.48 bits per heavy atom. The third kappa shape index (κ3) is 3.15. The lowest BCUT2D eigenvalue weighted by atomic mass is 10.1. The van der Waals surface area contributed by atoms with Crippen molar-refractivity contribution in [2.45, 2.75) is 0 Å². The van der Waals surface area contributed by atoms with Crippen LogP contribution in [0.3, 0.4) is 0 Å². The Labute approximate surface area is 131 Å². The highest BCUT2D eigenvalue weighted by atomic mass is 127. The monoisotopic (exact) mass is 404 g/mol. The van der Waals surface area contributed by atoms with E-state index in [1.54, 1.807) is 6.07 Å². The highest BCUT2D eigenvalue weighted by molar-refractivity contribution is 14.1. The zero-order valence-corrected chi connectivity index (χ0v) is 12.4. The fourth-order valence-corrected chi connectivity index (χ4v) is 2.16. The first-order valence-corrected chi connectivity index (χ1v) is 6.66. The predicted molar refractivity (Wildman–Crippen MR) is 80.8 cm³/mol. The van der Waals surface area contributed by atoms with Gasteiger partial charge in [0.2, 0.25) is 0 Å². The number of nitrogens with one attached hydrogen (secondary N) is 1. The number of aldehydes is 1. The molecule has 0 atom stereocenters. The van der Waals surface area contributed by atoms with Gasteiger partial charge in [0.05, 0.1) is 16.2 Å². The number of carbonyl (C=O) groups is 1. The SMILES string of the molecule is O=Cc1c(F)ccc([N+](=O)[O-])c1Nc1ccc(I)cc1F. The van der Waals surface area contributed by atoms with E-state index in [1.165, 1.54) is 12.1 Å². The summed E-state index contributed by atoms with van der Waals surface area (Å²) in [5.41, 5.74) is -1.51. The number of rotatable bonds is 4. The van der Waals surface area contributed by atoms with Gasteiger partial charge >= 0.3 is 0 Å². The van der Waals surface area contributed by atoms with Crippen LogP contribution in [0.25, 0.3) is 0 Å². The summed E-state index contributed by atoms with van der Waals surface area (Å²) in [4.78, 5) is 21.1. The number of hydrogen-bond donors (Lipinski definition) is 1. The second-order valence-electron chi connectivity index (χ2n) is 3.98. The van der Waals surface area contributed by atoms with Crippen LogP contribution in [0, 0.1) is 25.3 Å². The maximum absolute atomic E-state index is 13.8. The normalized spacial score (nSPS) is 10.2. The van der Waals surface area contributed by atoms with Crippen molar-refractivity contribution in [1.29, 1.82) is 0 Å². The molecule has 0 aromatic heterocycles. The van der Waals surface area contributed by atoms with Gasteiger partial charge in [-0.05, 0) is 46.9 Å². The lowest BCUT2D eigenvalue weighted by molar-refractivity contribution is -0.384. The number of nitro benzene ring substituents is 1. The maximum atomic E-state index is 13.8. The van der Waals surface area contributed by atoms with E-state index in [0.717, 1.165) is 12.1 Å². The summed E-state index contributed by atoms with van der Waals surface area (Å²) in [7, 11) is 0. The van der Waals surface area contributed by atoms with Crippen molar-refractivity contribution in [2.24, 2.45) is 0 Å². The molecule has 0 aliphatic rings. The van der Waals surface area contributed by atoms with E-state index in [1.807, 2.05) is 22.6 Å². The summed E-state index contributed by atoms with van der Waals surface area (Å²) >= 11 is 1.90. The van der Waals surface area contributed by atoms with Crippen LogP contribution in [-0.4, -0.2) is 11.2 Å². The first kappa shape index (κ1) is 15.3. The molecular weight excluding hydrogens is 397 g/mol. The molecule has 2 aromatic rings. The summed E-state index contributed by atoms with van der Waals surface area (Å²) < 4.78 is 28.0. The molecule has 0 aliphatic carbocycles. The smallest absolute Gasteiger partial charge is 0.293 e. The molecule has 0 heterocycles. The van der Waals surface area contributed by atoms with Crippen LogP contribution >= 0.6 is 22.6 Å². The van der Waals surface area contributed by atoms with E-state index >= 15 is 0 Å². The van der Waals surface area contributed by atoms with E-state index in [9.17, 15) is 23.7 Å². The number of hydrogen-bond acceptors (Lipinski definition) is 4. The van der Waals surface area contributed by atoms with Crippen LogP contribution in [0.4, 0.5) is 25.8 Å². The van der Waals surface area contributed by atoms with Crippen LogP contribution in [0.1, 0.15) is 10.4 Å². The van der Waals surface area contributed by atoms with Gasteiger partial charge in [-0.25, -0.2) is 8.78 Å². The van der Waals surface area contributed by atoms with Gasteiger partial charge in [-0.2, -0.15) is 0 Å². The first-order chi connectivity index (χ1) is 9.93. The summed E-state index contributed by atoms with van der Waals surface area (Å²) in [6.07, 6.45) is 0.148. The second-order valence-corrected chi connectivity index (χ2v) is 5.22. The third-order valence-corrected chi connectivity index (χ3v) is 3.35. The number of anilines is 2. The van der Waals surface area contributed by atoms with Crippen molar-refractivity contribution in [3.63, 3.8) is 0 Å². The quantitative estimate of drug-likeness (QED) is 0.362. The number of nitrogens with zero attached hydrogens (tertiary/aromatic N) is 1. The van der Waals surface area contributed by atoms with E-state index in [2.05, 4.69) is 5.32 Å². The molecule has 0 bridgehead atoms. The van der Waals surface area contributed by atoms with Crippen molar-refractivity contribution < 1.29 is 18.5 Å². The molecule has 0 spiro atoms. The average molecular weight is 404 g/mol. The van der Waals surface area contributed by atoms with Gasteiger partial charge in [-0.1, -0.05) is 0 Å². The van der Waals surface area contributed by atoms with E-state index in [-0.39, 0.29) is 17.7 Å². The fraction of sp³-hybridized carbons (Fsp3) is 0. The van der Waals surface area contributed by atoms with E-state index < -0.39 is 27.8 Å². The Balaban J connectivity index is 2.59. The zero-order chi connectivity index (χ0) is 15.6. The number of halogens is 3. The minimum absolute atomic E-state index is 0.0905. The summed E-state index contributed by atoms with van der Waals surface area (Å²) in [6, 6.07) is 5.85. The maximum Gasteiger partial charge on any atom is 0.293 e. The summed E-state index contributed by atoms with van der Waals surface area (Å²) in [5, 5.41) is 13.4. The Kier molecular flexibility index (Phi) is 4.46. The summed E-state index contributed by atoms with van der Waals surface area (Å²) in [6.45, 7) is 0. The molecule has 0 unspecified atom stereocenters. The number of benzene rings is 2. The molecule has 0 amide bonds. The van der Waals surface area contributed by atoms with Gasteiger partial charge in [0.1, 0.15) is 17.3 Å². The molecule has 108 valence electrons. The Bertz CT molecular complexity index is 738. The molecule has 8 heteroatoms. The minimum atomic E-state index is -0.927. The van der Waals surface area contributed by atoms with E-state index in [0.29, 0.717) is 3.57 Å². The fourth-order valence-electron chi connectivity index (χ4n) is 1.71. The van der Waals surface area contributed by atoms with Gasteiger partial charge in [0.15, 0.2) is 6.29 Å². The van der Waals surface area contributed by atoms with Crippen LogP contribution < -0.4 is 5.32 Å². The van der Waals surface area contributed by atoms with Crippen LogP contribution in [0.2, 0.25) is 0 Å². The Morgan fingerprint density at radius 2 is 1.90 bits per heavy atom.